The van der Waals surface area contributed by atoms with E-state index in [1.54, 1.807) is 0 Å². The smallest absolute Gasteiger partial charge is 0.493 e. The van der Waals surface area contributed by atoms with Crippen molar-refractivity contribution >= 4 is 12.6 Å². The molecule has 1 aromatic carbocycles. The fourth-order valence-corrected chi connectivity index (χ4v) is 2.88. The topological polar surface area (TPSA) is 36.9 Å². The number of hydrogen-bond acceptors (Lipinski definition) is 4. The van der Waals surface area contributed by atoms with Crippen LogP contribution in [0.25, 0.3) is 0 Å². The summed E-state index contributed by atoms with van der Waals surface area (Å²) in [4.78, 5) is 0. The van der Waals surface area contributed by atoms with Crippen LogP contribution in [0.1, 0.15) is 47.0 Å². The molecule has 2 heterocycles. The van der Waals surface area contributed by atoms with Crippen molar-refractivity contribution in [1.82, 2.24) is 0 Å². The first-order valence-corrected chi connectivity index (χ1v) is 8.57. The summed E-state index contributed by atoms with van der Waals surface area (Å²) in [5, 5.41) is 0. The monoisotopic (exact) mass is 318 g/mol. The third kappa shape index (κ3) is 3.73. The average molecular weight is 318 g/mol. The van der Waals surface area contributed by atoms with Gasteiger partial charge in [0, 0.05) is 13.0 Å². The molecule has 0 radical (unpaired) electrons. The van der Waals surface area contributed by atoms with Crippen molar-refractivity contribution in [3.63, 3.8) is 0 Å². The van der Waals surface area contributed by atoms with Crippen LogP contribution in [0, 0.1) is 0 Å². The van der Waals surface area contributed by atoms with E-state index in [0.29, 0.717) is 12.7 Å². The Morgan fingerprint density at radius 2 is 1.74 bits per heavy atom. The second-order valence-electron chi connectivity index (χ2n) is 7.43. The van der Waals surface area contributed by atoms with Crippen LogP contribution in [0.2, 0.25) is 0 Å². The lowest BCUT2D eigenvalue weighted by molar-refractivity contribution is 0.00578. The molecular weight excluding hydrogens is 291 g/mol. The molecule has 2 saturated heterocycles. The molecule has 0 spiro atoms. The summed E-state index contributed by atoms with van der Waals surface area (Å²) in [5.41, 5.74) is 0.400. The van der Waals surface area contributed by atoms with E-state index in [4.69, 9.17) is 18.8 Å². The van der Waals surface area contributed by atoms with Crippen LogP contribution in [-0.4, -0.2) is 37.6 Å². The summed E-state index contributed by atoms with van der Waals surface area (Å²) < 4.78 is 23.5. The molecule has 126 valence electrons. The van der Waals surface area contributed by atoms with Crippen LogP contribution in [0.5, 0.6) is 5.75 Å². The molecule has 0 aliphatic carbocycles. The van der Waals surface area contributed by atoms with Gasteiger partial charge in [-0.25, -0.2) is 0 Å². The highest BCUT2D eigenvalue weighted by Crippen LogP contribution is 2.36. The molecule has 1 aromatic rings. The first kappa shape index (κ1) is 16.8. The predicted molar refractivity (Wildman–Crippen MR) is 91.2 cm³/mol. The molecule has 3 rings (SSSR count). The van der Waals surface area contributed by atoms with E-state index in [9.17, 15) is 0 Å². The third-order valence-corrected chi connectivity index (χ3v) is 5.14. The maximum atomic E-state index is 6.06. The highest BCUT2D eigenvalue weighted by Gasteiger charge is 2.51. The van der Waals surface area contributed by atoms with Crippen LogP contribution in [0.15, 0.2) is 24.3 Å². The average Bonchev–Trinajstić information content (AvgIpc) is 3.06. The maximum Gasteiger partial charge on any atom is 0.494 e. The lowest BCUT2D eigenvalue weighted by Crippen LogP contribution is -2.41. The second kappa shape index (κ2) is 6.46. The van der Waals surface area contributed by atoms with Gasteiger partial charge >= 0.3 is 7.12 Å². The Labute approximate surface area is 139 Å². The quantitative estimate of drug-likeness (QED) is 0.782. The minimum absolute atomic E-state index is 0.311. The molecule has 0 N–H and O–H groups in total. The molecule has 0 saturated carbocycles. The van der Waals surface area contributed by atoms with E-state index in [1.807, 2.05) is 24.3 Å². The van der Waals surface area contributed by atoms with Crippen LogP contribution in [-0.2, 0) is 14.0 Å². The van der Waals surface area contributed by atoms with E-state index in [0.717, 1.165) is 30.7 Å². The highest BCUT2D eigenvalue weighted by atomic mass is 16.7. The van der Waals surface area contributed by atoms with E-state index in [-0.39, 0.29) is 18.3 Å². The summed E-state index contributed by atoms with van der Waals surface area (Å²) >= 11 is 0. The van der Waals surface area contributed by atoms with Crippen molar-refractivity contribution in [1.29, 1.82) is 0 Å². The summed E-state index contributed by atoms with van der Waals surface area (Å²) in [6.45, 7) is 9.85. The highest BCUT2D eigenvalue weighted by molar-refractivity contribution is 6.62. The van der Waals surface area contributed by atoms with Crippen molar-refractivity contribution in [2.75, 3.05) is 13.2 Å². The first-order valence-electron chi connectivity index (χ1n) is 8.57. The summed E-state index contributed by atoms with van der Waals surface area (Å²) in [6.07, 6.45) is 3.66. The molecule has 23 heavy (non-hydrogen) atoms. The molecule has 0 aromatic heterocycles. The first-order chi connectivity index (χ1) is 10.9. The zero-order chi connectivity index (χ0) is 16.5. The van der Waals surface area contributed by atoms with Gasteiger partial charge in [-0.15, -0.1) is 0 Å². The third-order valence-electron chi connectivity index (χ3n) is 5.14. The molecule has 5 heteroatoms. The van der Waals surface area contributed by atoms with Crippen LogP contribution in [0.4, 0.5) is 0 Å². The van der Waals surface area contributed by atoms with Crippen LogP contribution < -0.4 is 10.2 Å². The Hall–Kier alpha value is -1.04. The molecule has 2 fully saturated rings. The molecule has 1 atom stereocenters. The van der Waals surface area contributed by atoms with Gasteiger partial charge in [0.1, 0.15) is 5.75 Å². The molecule has 4 nitrogen and oxygen atoms in total. The summed E-state index contributed by atoms with van der Waals surface area (Å²) in [6, 6.07) is 8.00. The van der Waals surface area contributed by atoms with Gasteiger partial charge in [0.05, 0.1) is 23.9 Å². The van der Waals surface area contributed by atoms with E-state index >= 15 is 0 Å². The predicted octanol–water partition coefficient (Wildman–Crippen LogP) is 2.93. The Bertz CT molecular complexity index is 504. The van der Waals surface area contributed by atoms with Gasteiger partial charge in [-0.2, -0.15) is 0 Å². The second-order valence-corrected chi connectivity index (χ2v) is 7.43. The van der Waals surface area contributed by atoms with Crippen LogP contribution >= 0.6 is 0 Å². The fourth-order valence-electron chi connectivity index (χ4n) is 2.88. The summed E-state index contributed by atoms with van der Waals surface area (Å²) in [7, 11) is -0.319. The Balaban J connectivity index is 1.53. The fraction of sp³-hybridized carbons (Fsp3) is 0.667. The lowest BCUT2D eigenvalue weighted by atomic mass is 9.79. The van der Waals surface area contributed by atoms with Gasteiger partial charge in [-0.3, -0.25) is 0 Å². The van der Waals surface area contributed by atoms with Crippen molar-refractivity contribution in [2.24, 2.45) is 0 Å². The Kier molecular flexibility index (Phi) is 4.72. The number of benzene rings is 1. The number of rotatable bonds is 5. The summed E-state index contributed by atoms with van der Waals surface area (Å²) in [5.74, 6) is 0.878. The van der Waals surface area contributed by atoms with Gasteiger partial charge in [0.15, 0.2) is 0 Å². The van der Waals surface area contributed by atoms with Gasteiger partial charge in [-0.1, -0.05) is 12.1 Å². The van der Waals surface area contributed by atoms with Gasteiger partial charge in [0.2, 0.25) is 0 Å². The van der Waals surface area contributed by atoms with Crippen molar-refractivity contribution in [3.8, 4) is 5.75 Å². The van der Waals surface area contributed by atoms with Crippen LogP contribution in [0.3, 0.4) is 0 Å². The normalized spacial score (nSPS) is 25.7. The van der Waals surface area contributed by atoms with Gasteiger partial charge < -0.3 is 18.8 Å². The lowest BCUT2D eigenvalue weighted by Gasteiger charge is -2.32. The Morgan fingerprint density at radius 3 is 2.30 bits per heavy atom. The SMILES string of the molecule is CC1(C)OB(c2ccc(OCCC3CCCO3)cc2)OC1(C)C. The Morgan fingerprint density at radius 1 is 1.09 bits per heavy atom. The van der Waals surface area contributed by atoms with Crippen molar-refractivity contribution in [2.45, 2.75) is 64.3 Å². The standard InChI is InChI=1S/C18H27BO4/c1-17(2)18(3,4)23-19(22-17)14-7-9-16(10-8-14)21-13-11-15-6-5-12-20-15/h7-10,15H,5-6,11-13H2,1-4H3. The largest absolute Gasteiger partial charge is 0.494 e. The van der Waals surface area contributed by atoms with Gasteiger partial charge in [-0.05, 0) is 58.1 Å². The maximum absolute atomic E-state index is 6.06. The molecule has 0 amide bonds. The molecule has 0 bridgehead atoms. The molecule has 2 aliphatic heterocycles. The van der Waals surface area contributed by atoms with Crippen molar-refractivity contribution < 1.29 is 18.8 Å². The zero-order valence-corrected chi connectivity index (χ0v) is 14.6. The molecular formula is C18H27BO4. The molecule has 1 unspecified atom stereocenters. The van der Waals surface area contributed by atoms with E-state index in [1.165, 1.54) is 6.42 Å². The van der Waals surface area contributed by atoms with E-state index in [2.05, 4.69) is 27.7 Å². The van der Waals surface area contributed by atoms with Gasteiger partial charge in [0.25, 0.3) is 0 Å². The number of hydrogen-bond donors (Lipinski definition) is 0. The minimum Gasteiger partial charge on any atom is -0.493 e. The number of ether oxygens (including phenoxy) is 2. The minimum atomic E-state index is -0.319. The molecule has 2 aliphatic rings. The van der Waals surface area contributed by atoms with Crippen molar-refractivity contribution in [3.05, 3.63) is 24.3 Å². The zero-order valence-electron chi connectivity index (χ0n) is 14.6. The van der Waals surface area contributed by atoms with E-state index < -0.39 is 0 Å².